The Balaban J connectivity index is 0.00000182. The highest BCUT2D eigenvalue weighted by molar-refractivity contribution is 7.10. The normalized spacial score (nSPS) is 17.8. The summed E-state index contributed by atoms with van der Waals surface area (Å²) in [5, 5.41) is 5.78. The second kappa shape index (κ2) is 8.59. The van der Waals surface area contributed by atoms with Gasteiger partial charge >= 0.3 is 0 Å². The van der Waals surface area contributed by atoms with Crippen LogP contribution in [-0.2, 0) is 6.54 Å². The fourth-order valence-corrected chi connectivity index (χ4v) is 4.20. The van der Waals surface area contributed by atoms with Gasteiger partial charge in [0.05, 0.1) is 0 Å². The molecule has 1 unspecified atom stereocenters. The molecule has 25 heavy (non-hydrogen) atoms. The summed E-state index contributed by atoms with van der Waals surface area (Å²) < 4.78 is 0. The maximum Gasteiger partial charge on any atom is 0.0492 e. The van der Waals surface area contributed by atoms with Crippen molar-refractivity contribution >= 4 is 23.7 Å². The van der Waals surface area contributed by atoms with E-state index >= 15 is 0 Å². The number of nitrogens with zero attached hydrogens (tertiary/aromatic N) is 2. The zero-order valence-corrected chi connectivity index (χ0v) is 15.6. The number of hydrogen-bond donors (Lipinski definition) is 1. The lowest BCUT2D eigenvalue weighted by Gasteiger charge is -2.36. The van der Waals surface area contributed by atoms with Crippen molar-refractivity contribution in [1.29, 1.82) is 0 Å². The van der Waals surface area contributed by atoms with E-state index in [1.807, 2.05) is 29.8 Å². The van der Waals surface area contributed by atoms with E-state index in [1.165, 1.54) is 21.6 Å². The molecule has 1 aliphatic rings. The Bertz CT molecular complexity index is 776. The molecule has 0 aliphatic carbocycles. The summed E-state index contributed by atoms with van der Waals surface area (Å²) in [6, 6.07) is 17.6. The summed E-state index contributed by atoms with van der Waals surface area (Å²) in [7, 11) is 0. The summed E-state index contributed by atoms with van der Waals surface area (Å²) in [6.45, 7) is 4.10. The first-order valence-electron chi connectivity index (χ1n) is 8.38. The van der Waals surface area contributed by atoms with Crippen LogP contribution in [-0.4, -0.2) is 29.5 Å². The number of pyridine rings is 1. The van der Waals surface area contributed by atoms with E-state index in [0.717, 1.165) is 26.2 Å². The third-order valence-corrected chi connectivity index (χ3v) is 5.46. The van der Waals surface area contributed by atoms with Crippen LogP contribution in [0.2, 0.25) is 0 Å². The van der Waals surface area contributed by atoms with Gasteiger partial charge in [0.15, 0.2) is 0 Å². The number of nitrogens with one attached hydrogen (secondary N) is 1. The van der Waals surface area contributed by atoms with E-state index < -0.39 is 0 Å². The van der Waals surface area contributed by atoms with E-state index in [9.17, 15) is 0 Å². The average molecular weight is 372 g/mol. The summed E-state index contributed by atoms with van der Waals surface area (Å²) in [5.41, 5.74) is 3.91. The summed E-state index contributed by atoms with van der Waals surface area (Å²) in [6.07, 6.45) is 3.84. The van der Waals surface area contributed by atoms with Crippen LogP contribution in [0.25, 0.3) is 11.1 Å². The molecular formula is C20H22ClN3S. The van der Waals surface area contributed by atoms with Gasteiger partial charge in [0.25, 0.3) is 0 Å². The molecule has 1 saturated heterocycles. The van der Waals surface area contributed by atoms with Crippen molar-refractivity contribution in [2.24, 2.45) is 0 Å². The van der Waals surface area contributed by atoms with Gasteiger partial charge in [-0.3, -0.25) is 9.88 Å². The summed E-state index contributed by atoms with van der Waals surface area (Å²) in [4.78, 5) is 8.28. The van der Waals surface area contributed by atoms with Gasteiger partial charge in [-0.25, -0.2) is 0 Å². The Hall–Kier alpha value is -1.72. The van der Waals surface area contributed by atoms with Crippen LogP contribution in [0.5, 0.6) is 0 Å². The molecule has 1 aliphatic heterocycles. The Morgan fingerprint density at radius 3 is 2.80 bits per heavy atom. The number of rotatable bonds is 4. The lowest BCUT2D eigenvalue weighted by molar-refractivity contribution is 0.155. The third-order valence-electron chi connectivity index (χ3n) is 4.54. The summed E-state index contributed by atoms with van der Waals surface area (Å²) in [5.74, 6) is 0. The first-order valence-corrected chi connectivity index (χ1v) is 9.25. The minimum atomic E-state index is 0. The van der Waals surface area contributed by atoms with Crippen molar-refractivity contribution < 1.29 is 0 Å². The van der Waals surface area contributed by atoms with Crippen LogP contribution in [0.4, 0.5) is 0 Å². The smallest absolute Gasteiger partial charge is 0.0492 e. The molecule has 3 heterocycles. The third kappa shape index (κ3) is 4.28. The highest BCUT2D eigenvalue weighted by atomic mass is 35.5. The quantitative estimate of drug-likeness (QED) is 0.737. The van der Waals surface area contributed by atoms with Crippen molar-refractivity contribution in [3.8, 4) is 11.1 Å². The van der Waals surface area contributed by atoms with E-state index in [4.69, 9.17) is 0 Å². The molecule has 1 fully saturated rings. The van der Waals surface area contributed by atoms with Gasteiger partial charge in [0, 0.05) is 49.5 Å². The standard InChI is InChI=1S/C20H21N3S.ClH/c1-2-5-16(6-3-1)18-11-19(24-15-18)14-23-10-9-22-13-20(23)17-7-4-8-21-12-17;/h1-8,11-12,15,20,22H,9-10,13-14H2;1H. The molecule has 0 bridgehead atoms. The lowest BCUT2D eigenvalue weighted by atomic mass is 10.0. The van der Waals surface area contributed by atoms with Crippen molar-refractivity contribution in [2.45, 2.75) is 12.6 Å². The van der Waals surface area contributed by atoms with Crippen LogP contribution in [0.3, 0.4) is 0 Å². The zero-order valence-electron chi connectivity index (χ0n) is 14.0. The van der Waals surface area contributed by atoms with Crippen molar-refractivity contribution in [3.63, 3.8) is 0 Å². The number of thiophene rings is 1. The molecule has 0 radical (unpaired) electrons. The van der Waals surface area contributed by atoms with Gasteiger partial charge < -0.3 is 5.32 Å². The highest BCUT2D eigenvalue weighted by Crippen LogP contribution is 2.29. The Labute approximate surface area is 159 Å². The van der Waals surface area contributed by atoms with E-state index in [1.54, 1.807) is 0 Å². The van der Waals surface area contributed by atoms with Gasteiger partial charge in [0.2, 0.25) is 0 Å². The first-order chi connectivity index (χ1) is 11.9. The fraction of sp³-hybridized carbons (Fsp3) is 0.250. The molecule has 5 heteroatoms. The van der Waals surface area contributed by atoms with Crippen molar-refractivity contribution in [3.05, 3.63) is 76.7 Å². The molecule has 0 spiro atoms. The maximum atomic E-state index is 4.29. The number of halogens is 1. The second-order valence-electron chi connectivity index (χ2n) is 6.14. The SMILES string of the molecule is Cl.c1ccc(-c2csc(CN3CCNCC3c3cccnc3)c2)cc1. The molecule has 1 aromatic carbocycles. The predicted molar refractivity (Wildman–Crippen MR) is 107 cm³/mol. The molecule has 130 valence electrons. The van der Waals surface area contributed by atoms with Crippen LogP contribution in [0.1, 0.15) is 16.5 Å². The molecule has 3 nitrogen and oxygen atoms in total. The van der Waals surface area contributed by atoms with Gasteiger partial charge in [-0.2, -0.15) is 0 Å². The topological polar surface area (TPSA) is 28.2 Å². The Kier molecular flexibility index (Phi) is 6.21. The fourth-order valence-electron chi connectivity index (χ4n) is 3.28. The predicted octanol–water partition coefficient (Wildman–Crippen LogP) is 4.38. The number of piperazine rings is 1. The molecule has 0 amide bonds. The minimum absolute atomic E-state index is 0. The number of benzene rings is 1. The number of aromatic nitrogens is 1. The largest absolute Gasteiger partial charge is 0.314 e. The monoisotopic (exact) mass is 371 g/mol. The molecule has 3 aromatic rings. The molecule has 1 atom stereocenters. The van der Waals surface area contributed by atoms with Gasteiger partial charge in [0.1, 0.15) is 0 Å². The van der Waals surface area contributed by atoms with Crippen molar-refractivity contribution in [2.75, 3.05) is 19.6 Å². The molecule has 4 rings (SSSR count). The molecular weight excluding hydrogens is 350 g/mol. The average Bonchev–Trinajstić information content (AvgIpc) is 3.12. The molecule has 0 saturated carbocycles. The first kappa shape index (κ1) is 18.1. The maximum absolute atomic E-state index is 4.29. The molecule has 1 N–H and O–H groups in total. The van der Waals surface area contributed by atoms with E-state index in [2.05, 4.69) is 63.0 Å². The van der Waals surface area contributed by atoms with Crippen LogP contribution in [0, 0.1) is 0 Å². The minimum Gasteiger partial charge on any atom is -0.314 e. The highest BCUT2D eigenvalue weighted by Gasteiger charge is 2.24. The second-order valence-corrected chi connectivity index (χ2v) is 7.14. The molecule has 2 aromatic heterocycles. The van der Waals surface area contributed by atoms with Crippen LogP contribution >= 0.6 is 23.7 Å². The Morgan fingerprint density at radius 2 is 2.00 bits per heavy atom. The number of hydrogen-bond acceptors (Lipinski definition) is 4. The zero-order chi connectivity index (χ0) is 16.2. The van der Waals surface area contributed by atoms with E-state index in [-0.39, 0.29) is 12.4 Å². The van der Waals surface area contributed by atoms with Gasteiger partial charge in [-0.1, -0.05) is 36.4 Å². The lowest BCUT2D eigenvalue weighted by Crippen LogP contribution is -2.45. The van der Waals surface area contributed by atoms with Crippen LogP contribution in [0.15, 0.2) is 66.3 Å². The van der Waals surface area contributed by atoms with Gasteiger partial charge in [-0.15, -0.1) is 23.7 Å². The Morgan fingerprint density at radius 1 is 1.12 bits per heavy atom. The summed E-state index contributed by atoms with van der Waals surface area (Å²) >= 11 is 1.86. The van der Waals surface area contributed by atoms with E-state index in [0.29, 0.717) is 6.04 Å². The van der Waals surface area contributed by atoms with Crippen LogP contribution < -0.4 is 5.32 Å². The van der Waals surface area contributed by atoms with Gasteiger partial charge in [-0.05, 0) is 34.2 Å². The van der Waals surface area contributed by atoms with Crippen molar-refractivity contribution in [1.82, 2.24) is 15.2 Å².